The number of benzene rings is 3. The predicted octanol–water partition coefficient (Wildman–Crippen LogP) is 6.01. The zero-order chi connectivity index (χ0) is 20.9. The van der Waals surface area contributed by atoms with E-state index < -0.39 is 0 Å². The van der Waals surface area contributed by atoms with Crippen molar-refractivity contribution in [2.75, 3.05) is 5.32 Å². The van der Waals surface area contributed by atoms with Crippen molar-refractivity contribution < 1.29 is 4.74 Å². The van der Waals surface area contributed by atoms with Crippen molar-refractivity contribution in [3.8, 4) is 17.0 Å². The molecule has 0 saturated heterocycles. The molecule has 3 aromatic carbocycles. The molecular formula is C26H20N4O. The summed E-state index contributed by atoms with van der Waals surface area (Å²) in [5.74, 6) is 1.57. The average Bonchev–Trinajstić information content (AvgIpc) is 2.85. The second-order valence-electron chi connectivity index (χ2n) is 7.09. The lowest BCUT2D eigenvalue weighted by Crippen LogP contribution is -1.97. The minimum absolute atomic E-state index is 0.542. The third-order valence-corrected chi connectivity index (χ3v) is 4.96. The smallest absolute Gasteiger partial charge is 0.141 e. The van der Waals surface area contributed by atoms with E-state index in [4.69, 9.17) is 4.74 Å². The number of anilines is 2. The van der Waals surface area contributed by atoms with Gasteiger partial charge >= 0.3 is 0 Å². The Morgan fingerprint density at radius 1 is 0.742 bits per heavy atom. The summed E-state index contributed by atoms with van der Waals surface area (Å²) in [7, 11) is 0. The van der Waals surface area contributed by atoms with Crippen LogP contribution < -0.4 is 10.1 Å². The lowest BCUT2D eigenvalue weighted by atomic mass is 10.1. The molecule has 0 spiro atoms. The molecule has 5 rings (SSSR count). The lowest BCUT2D eigenvalue weighted by Gasteiger charge is -2.11. The van der Waals surface area contributed by atoms with E-state index in [0.717, 1.165) is 45.0 Å². The number of hydrogen-bond donors (Lipinski definition) is 1. The first-order chi connectivity index (χ1) is 15.3. The molecule has 1 N–H and O–H groups in total. The summed E-state index contributed by atoms with van der Waals surface area (Å²) in [4.78, 5) is 13.3. The number of pyridine rings is 1. The van der Waals surface area contributed by atoms with E-state index in [1.165, 1.54) is 0 Å². The van der Waals surface area contributed by atoms with Crippen LogP contribution in [0.25, 0.3) is 22.2 Å². The number of aromatic nitrogens is 3. The fourth-order valence-corrected chi connectivity index (χ4v) is 3.36. The van der Waals surface area contributed by atoms with E-state index >= 15 is 0 Å². The van der Waals surface area contributed by atoms with Gasteiger partial charge in [0, 0.05) is 22.8 Å². The summed E-state index contributed by atoms with van der Waals surface area (Å²) in [5.41, 5.74) is 4.88. The van der Waals surface area contributed by atoms with Crippen molar-refractivity contribution in [1.82, 2.24) is 15.0 Å². The van der Waals surface area contributed by atoms with Crippen LogP contribution in [0.5, 0.6) is 5.75 Å². The highest BCUT2D eigenvalue weighted by atomic mass is 16.5. The standard InChI is InChI=1S/C26H20N4O/c1-2-6-19(7-3-1)17-31-22-12-10-21(11-13-22)30-26-23-16-20(24-8-4-5-15-27-24)9-14-25(23)28-18-29-26/h1-16,18H,17H2,(H,28,29,30). The fraction of sp³-hybridized carbons (Fsp3) is 0.0385. The molecule has 0 aliphatic carbocycles. The largest absolute Gasteiger partial charge is 0.489 e. The number of nitrogens with one attached hydrogen (secondary N) is 1. The van der Waals surface area contributed by atoms with Crippen LogP contribution >= 0.6 is 0 Å². The van der Waals surface area contributed by atoms with Gasteiger partial charge in [-0.2, -0.15) is 0 Å². The van der Waals surface area contributed by atoms with Crippen molar-refractivity contribution in [3.05, 3.63) is 109 Å². The molecule has 0 saturated carbocycles. The molecule has 0 aliphatic rings. The predicted molar refractivity (Wildman–Crippen MR) is 123 cm³/mol. The summed E-state index contributed by atoms with van der Waals surface area (Å²) in [6.45, 7) is 0.542. The van der Waals surface area contributed by atoms with Crippen LogP contribution in [-0.4, -0.2) is 15.0 Å². The Balaban J connectivity index is 1.36. The van der Waals surface area contributed by atoms with Crippen LogP contribution in [0.4, 0.5) is 11.5 Å². The molecule has 31 heavy (non-hydrogen) atoms. The van der Waals surface area contributed by atoms with Gasteiger partial charge in [0.05, 0.1) is 11.2 Å². The van der Waals surface area contributed by atoms with Gasteiger partial charge in [0.2, 0.25) is 0 Å². The van der Waals surface area contributed by atoms with E-state index in [1.807, 2.05) is 72.8 Å². The van der Waals surface area contributed by atoms with Crippen LogP contribution in [0.1, 0.15) is 5.56 Å². The van der Waals surface area contributed by atoms with E-state index in [2.05, 4.69) is 38.5 Å². The Kier molecular flexibility index (Phi) is 5.22. The van der Waals surface area contributed by atoms with E-state index in [1.54, 1.807) is 12.5 Å². The highest BCUT2D eigenvalue weighted by Gasteiger charge is 2.07. The zero-order valence-corrected chi connectivity index (χ0v) is 16.8. The van der Waals surface area contributed by atoms with Crippen LogP contribution in [0, 0.1) is 0 Å². The molecule has 0 atom stereocenters. The number of rotatable bonds is 6. The minimum Gasteiger partial charge on any atom is -0.489 e. The van der Waals surface area contributed by atoms with Crippen molar-refractivity contribution in [3.63, 3.8) is 0 Å². The molecule has 5 heteroatoms. The van der Waals surface area contributed by atoms with Crippen molar-refractivity contribution in [2.45, 2.75) is 6.61 Å². The van der Waals surface area contributed by atoms with Gasteiger partial charge in [-0.3, -0.25) is 4.98 Å². The maximum absolute atomic E-state index is 5.87. The van der Waals surface area contributed by atoms with Gasteiger partial charge in [-0.1, -0.05) is 42.5 Å². The summed E-state index contributed by atoms with van der Waals surface area (Å²) < 4.78 is 5.87. The van der Waals surface area contributed by atoms with Crippen LogP contribution in [0.15, 0.2) is 104 Å². The monoisotopic (exact) mass is 404 g/mol. The Morgan fingerprint density at radius 2 is 1.58 bits per heavy atom. The second-order valence-corrected chi connectivity index (χ2v) is 7.09. The molecular weight excluding hydrogens is 384 g/mol. The summed E-state index contributed by atoms with van der Waals surface area (Å²) in [5, 5.41) is 4.34. The van der Waals surface area contributed by atoms with Gasteiger partial charge in [-0.15, -0.1) is 0 Å². The minimum atomic E-state index is 0.542. The molecule has 5 aromatic rings. The molecule has 2 aromatic heterocycles. The van der Waals surface area contributed by atoms with Gasteiger partial charge < -0.3 is 10.1 Å². The molecule has 0 radical (unpaired) electrons. The lowest BCUT2D eigenvalue weighted by molar-refractivity contribution is 0.306. The van der Waals surface area contributed by atoms with Gasteiger partial charge in [0.1, 0.15) is 24.5 Å². The normalized spacial score (nSPS) is 10.7. The van der Waals surface area contributed by atoms with Crippen molar-refractivity contribution in [2.24, 2.45) is 0 Å². The number of hydrogen-bond acceptors (Lipinski definition) is 5. The van der Waals surface area contributed by atoms with E-state index in [9.17, 15) is 0 Å². The third-order valence-electron chi connectivity index (χ3n) is 4.96. The summed E-state index contributed by atoms with van der Waals surface area (Å²) in [6, 6.07) is 30.0. The Bertz CT molecular complexity index is 1290. The quantitative estimate of drug-likeness (QED) is 0.375. The van der Waals surface area contributed by atoms with E-state index in [-0.39, 0.29) is 0 Å². The zero-order valence-electron chi connectivity index (χ0n) is 16.8. The van der Waals surface area contributed by atoms with Crippen LogP contribution in [0.3, 0.4) is 0 Å². The van der Waals surface area contributed by atoms with Crippen molar-refractivity contribution in [1.29, 1.82) is 0 Å². The SMILES string of the molecule is c1ccc(COc2ccc(Nc3ncnc4ccc(-c5ccccn5)cc34)cc2)cc1. The fourth-order valence-electron chi connectivity index (χ4n) is 3.36. The molecule has 0 aliphatic heterocycles. The van der Waals surface area contributed by atoms with Crippen molar-refractivity contribution >= 4 is 22.4 Å². The molecule has 2 heterocycles. The van der Waals surface area contributed by atoms with E-state index in [0.29, 0.717) is 6.61 Å². The van der Waals surface area contributed by atoms with Gasteiger partial charge in [-0.05, 0) is 54.1 Å². The molecule has 0 fully saturated rings. The topological polar surface area (TPSA) is 59.9 Å². The Labute approximate surface area is 180 Å². The van der Waals surface area contributed by atoms with Crippen LogP contribution in [0.2, 0.25) is 0 Å². The number of nitrogens with zero attached hydrogens (tertiary/aromatic N) is 3. The second kappa shape index (κ2) is 8.63. The maximum atomic E-state index is 5.87. The molecule has 0 unspecified atom stereocenters. The highest BCUT2D eigenvalue weighted by molar-refractivity contribution is 5.93. The van der Waals surface area contributed by atoms with Gasteiger partial charge in [-0.25, -0.2) is 9.97 Å². The number of fused-ring (bicyclic) bond motifs is 1. The molecule has 150 valence electrons. The molecule has 0 amide bonds. The first-order valence-corrected chi connectivity index (χ1v) is 10.1. The number of ether oxygens (including phenoxy) is 1. The first kappa shape index (κ1) is 18.8. The van der Waals surface area contributed by atoms with Crippen LogP contribution in [-0.2, 0) is 6.61 Å². The third kappa shape index (κ3) is 4.36. The Hall–Kier alpha value is -4.25. The average molecular weight is 404 g/mol. The Morgan fingerprint density at radius 3 is 2.39 bits per heavy atom. The summed E-state index contributed by atoms with van der Waals surface area (Å²) in [6.07, 6.45) is 3.37. The van der Waals surface area contributed by atoms with Gasteiger partial charge in [0.15, 0.2) is 0 Å². The highest BCUT2D eigenvalue weighted by Crippen LogP contribution is 2.28. The van der Waals surface area contributed by atoms with Gasteiger partial charge in [0.25, 0.3) is 0 Å². The summed E-state index contributed by atoms with van der Waals surface area (Å²) >= 11 is 0. The molecule has 5 nitrogen and oxygen atoms in total. The first-order valence-electron chi connectivity index (χ1n) is 10.1. The molecule has 0 bridgehead atoms. The maximum Gasteiger partial charge on any atom is 0.141 e.